The summed E-state index contributed by atoms with van der Waals surface area (Å²) in [5.74, 6) is -0.327. The van der Waals surface area contributed by atoms with Gasteiger partial charge in [0, 0.05) is 25.0 Å². The molecular weight excluding hydrogens is 314 g/mol. The topological polar surface area (TPSA) is 80.2 Å². The zero-order valence-corrected chi connectivity index (χ0v) is 13.3. The fraction of sp³-hybridized carbons (Fsp3) is 0.312. The van der Waals surface area contributed by atoms with Crippen LogP contribution in [0.4, 0.5) is 0 Å². The van der Waals surface area contributed by atoms with Crippen molar-refractivity contribution in [2.75, 3.05) is 12.3 Å². The number of hydrogen-bond donors (Lipinski definition) is 0. The molecule has 0 spiro atoms. The Morgan fingerprint density at radius 2 is 2.00 bits per heavy atom. The van der Waals surface area contributed by atoms with Crippen molar-refractivity contribution in [1.29, 1.82) is 0 Å². The predicted octanol–water partition coefficient (Wildman–Crippen LogP) is 1.56. The molecule has 0 saturated carbocycles. The minimum absolute atomic E-state index is 0.0665. The number of nitrogens with zero attached hydrogens (tertiary/aromatic N) is 3. The van der Waals surface area contributed by atoms with Crippen LogP contribution in [-0.2, 0) is 9.84 Å². The van der Waals surface area contributed by atoms with E-state index in [2.05, 4.69) is 9.97 Å². The number of rotatable bonds is 4. The standard InChI is InChI=1S/C16H17N3O3S/c20-16(15-11-17-8-9-18-15)19-10-4-5-13(19)12-23(21,22)14-6-2-1-3-7-14/h1-3,6-9,11,13H,4-5,10,12H2. The van der Waals surface area contributed by atoms with Crippen molar-refractivity contribution in [2.24, 2.45) is 0 Å². The highest BCUT2D eigenvalue weighted by Gasteiger charge is 2.33. The maximum atomic E-state index is 12.5. The van der Waals surface area contributed by atoms with Crippen LogP contribution in [-0.4, -0.2) is 47.5 Å². The predicted molar refractivity (Wildman–Crippen MR) is 84.6 cm³/mol. The average Bonchev–Trinajstić information content (AvgIpc) is 3.03. The molecule has 1 aliphatic heterocycles. The molecule has 3 rings (SSSR count). The molecule has 0 radical (unpaired) electrons. The van der Waals surface area contributed by atoms with Crippen LogP contribution in [0.5, 0.6) is 0 Å². The second-order valence-electron chi connectivity index (χ2n) is 5.48. The van der Waals surface area contributed by atoms with E-state index in [1.807, 2.05) is 0 Å². The molecule has 2 heterocycles. The normalized spacial score (nSPS) is 18.1. The Labute approximate surface area is 135 Å². The van der Waals surface area contributed by atoms with E-state index in [-0.39, 0.29) is 23.4 Å². The molecule has 2 aromatic rings. The van der Waals surface area contributed by atoms with E-state index >= 15 is 0 Å². The lowest BCUT2D eigenvalue weighted by atomic mass is 10.2. The van der Waals surface area contributed by atoms with Gasteiger partial charge < -0.3 is 4.90 Å². The van der Waals surface area contributed by atoms with Crippen LogP contribution in [0, 0.1) is 0 Å². The Hall–Kier alpha value is -2.28. The minimum atomic E-state index is -3.42. The first-order valence-electron chi connectivity index (χ1n) is 7.43. The summed E-state index contributed by atoms with van der Waals surface area (Å²) in [6.45, 7) is 0.546. The van der Waals surface area contributed by atoms with Crippen molar-refractivity contribution < 1.29 is 13.2 Å². The van der Waals surface area contributed by atoms with Crippen molar-refractivity contribution >= 4 is 15.7 Å². The summed E-state index contributed by atoms with van der Waals surface area (Å²) in [4.78, 5) is 22.3. The first-order valence-corrected chi connectivity index (χ1v) is 9.08. The number of carbonyl (C=O) groups excluding carboxylic acids is 1. The summed E-state index contributed by atoms with van der Waals surface area (Å²) in [7, 11) is -3.42. The van der Waals surface area contributed by atoms with Gasteiger partial charge in [0.25, 0.3) is 5.91 Å². The van der Waals surface area contributed by atoms with Gasteiger partial charge in [-0.2, -0.15) is 0 Å². The van der Waals surface area contributed by atoms with Crippen molar-refractivity contribution in [3.05, 3.63) is 54.6 Å². The number of likely N-dealkylation sites (tertiary alicyclic amines) is 1. The molecule has 1 atom stereocenters. The van der Waals surface area contributed by atoms with E-state index in [4.69, 9.17) is 0 Å². The molecule has 1 saturated heterocycles. The summed E-state index contributed by atoms with van der Waals surface area (Å²) >= 11 is 0. The number of amides is 1. The van der Waals surface area contributed by atoms with Gasteiger partial charge in [0.1, 0.15) is 5.69 Å². The van der Waals surface area contributed by atoms with Gasteiger partial charge in [0.15, 0.2) is 9.84 Å². The molecule has 6 nitrogen and oxygen atoms in total. The molecule has 0 bridgehead atoms. The highest BCUT2D eigenvalue weighted by Crippen LogP contribution is 2.23. The average molecular weight is 331 g/mol. The third-order valence-corrected chi connectivity index (χ3v) is 5.75. The van der Waals surface area contributed by atoms with Crippen LogP contribution >= 0.6 is 0 Å². The summed E-state index contributed by atoms with van der Waals surface area (Å²) in [5.41, 5.74) is 0.247. The Bertz CT molecular complexity index is 779. The van der Waals surface area contributed by atoms with Crippen molar-refractivity contribution in [3.8, 4) is 0 Å². The Balaban J connectivity index is 1.79. The van der Waals surface area contributed by atoms with Crippen LogP contribution < -0.4 is 0 Å². The molecule has 1 aliphatic rings. The lowest BCUT2D eigenvalue weighted by molar-refractivity contribution is 0.0743. The molecule has 1 unspecified atom stereocenters. The monoisotopic (exact) mass is 331 g/mol. The number of aromatic nitrogens is 2. The van der Waals surface area contributed by atoms with E-state index in [0.717, 1.165) is 6.42 Å². The number of carbonyl (C=O) groups is 1. The fourth-order valence-corrected chi connectivity index (χ4v) is 4.43. The van der Waals surface area contributed by atoms with Crippen molar-refractivity contribution in [2.45, 2.75) is 23.8 Å². The third kappa shape index (κ3) is 3.39. The second-order valence-corrected chi connectivity index (χ2v) is 7.51. The summed E-state index contributed by atoms with van der Waals surface area (Å²) in [6, 6.07) is 8.01. The molecule has 1 aromatic carbocycles. The zero-order valence-electron chi connectivity index (χ0n) is 12.5. The van der Waals surface area contributed by atoms with Gasteiger partial charge in [-0.15, -0.1) is 0 Å². The van der Waals surface area contributed by atoms with Crippen LogP contribution in [0.15, 0.2) is 53.8 Å². The molecule has 1 aromatic heterocycles. The Morgan fingerprint density at radius 3 is 2.70 bits per heavy atom. The van der Waals surface area contributed by atoms with E-state index in [1.54, 1.807) is 35.2 Å². The van der Waals surface area contributed by atoms with E-state index in [0.29, 0.717) is 17.9 Å². The largest absolute Gasteiger partial charge is 0.333 e. The minimum Gasteiger partial charge on any atom is -0.333 e. The van der Waals surface area contributed by atoms with Crippen LogP contribution in [0.2, 0.25) is 0 Å². The van der Waals surface area contributed by atoms with Gasteiger partial charge in [-0.1, -0.05) is 18.2 Å². The molecule has 7 heteroatoms. The first-order chi connectivity index (χ1) is 11.1. The zero-order chi connectivity index (χ0) is 16.3. The van der Waals surface area contributed by atoms with Gasteiger partial charge in [-0.25, -0.2) is 13.4 Å². The lowest BCUT2D eigenvalue weighted by Crippen LogP contribution is -2.40. The van der Waals surface area contributed by atoms with Crippen LogP contribution in [0.1, 0.15) is 23.3 Å². The molecule has 1 fully saturated rings. The fourth-order valence-electron chi connectivity index (χ4n) is 2.81. The first kappa shape index (κ1) is 15.6. The highest BCUT2D eigenvalue weighted by molar-refractivity contribution is 7.91. The smallest absolute Gasteiger partial charge is 0.274 e. The third-order valence-electron chi connectivity index (χ3n) is 3.93. The summed E-state index contributed by atoms with van der Waals surface area (Å²) in [5, 5.41) is 0. The van der Waals surface area contributed by atoms with Crippen molar-refractivity contribution in [1.82, 2.24) is 14.9 Å². The van der Waals surface area contributed by atoms with Crippen molar-refractivity contribution in [3.63, 3.8) is 0 Å². The summed E-state index contributed by atoms with van der Waals surface area (Å²) < 4.78 is 25.1. The number of sulfone groups is 1. The number of hydrogen-bond acceptors (Lipinski definition) is 5. The van der Waals surface area contributed by atoms with E-state index < -0.39 is 9.84 Å². The second kappa shape index (κ2) is 6.45. The highest BCUT2D eigenvalue weighted by atomic mass is 32.2. The molecule has 0 N–H and O–H groups in total. The molecular formula is C16H17N3O3S. The van der Waals surface area contributed by atoms with Gasteiger partial charge in [0.2, 0.25) is 0 Å². The van der Waals surface area contributed by atoms with Crippen LogP contribution in [0.3, 0.4) is 0 Å². The molecule has 1 amide bonds. The van der Waals surface area contributed by atoms with E-state index in [9.17, 15) is 13.2 Å². The SMILES string of the molecule is O=C(c1cnccn1)N1CCCC1CS(=O)(=O)c1ccccc1. The maximum absolute atomic E-state index is 12.5. The number of benzene rings is 1. The quantitative estimate of drug-likeness (QED) is 0.849. The molecule has 23 heavy (non-hydrogen) atoms. The van der Waals surface area contributed by atoms with Gasteiger partial charge in [-0.05, 0) is 25.0 Å². The van der Waals surface area contributed by atoms with E-state index in [1.165, 1.54) is 18.6 Å². The van der Waals surface area contributed by atoms with Crippen LogP contribution in [0.25, 0.3) is 0 Å². The Kier molecular flexibility index (Phi) is 4.38. The van der Waals surface area contributed by atoms with Gasteiger partial charge in [0.05, 0.1) is 16.8 Å². The van der Waals surface area contributed by atoms with Gasteiger partial charge >= 0.3 is 0 Å². The molecule has 0 aliphatic carbocycles. The lowest BCUT2D eigenvalue weighted by Gasteiger charge is -2.24. The summed E-state index contributed by atoms with van der Waals surface area (Å²) in [6.07, 6.45) is 5.83. The molecule has 120 valence electrons. The maximum Gasteiger partial charge on any atom is 0.274 e. The Morgan fingerprint density at radius 1 is 1.22 bits per heavy atom. The van der Waals surface area contributed by atoms with Gasteiger partial charge in [-0.3, -0.25) is 9.78 Å².